The maximum absolute atomic E-state index is 11.5. The Kier molecular flexibility index (Phi) is 5.46. The lowest BCUT2D eigenvalue weighted by Crippen LogP contribution is -2.10. The Morgan fingerprint density at radius 1 is 1.04 bits per heavy atom. The van der Waals surface area contributed by atoms with Crippen LogP contribution in [-0.4, -0.2) is 19.0 Å². The van der Waals surface area contributed by atoms with E-state index in [4.69, 9.17) is 20.9 Å². The van der Waals surface area contributed by atoms with Crippen molar-refractivity contribution in [1.29, 1.82) is 0 Å². The SMILES string of the molecule is CCc1cc(OCCOc2ccc(N)cc2N)ccc1C(C)=O. The fourth-order valence-corrected chi connectivity index (χ4v) is 2.31. The van der Waals surface area contributed by atoms with Gasteiger partial charge in [0.2, 0.25) is 0 Å². The number of nitrogen functional groups attached to an aromatic ring is 2. The van der Waals surface area contributed by atoms with Crippen LogP contribution in [0, 0.1) is 0 Å². The molecule has 0 aromatic heterocycles. The van der Waals surface area contributed by atoms with E-state index in [2.05, 4.69) is 0 Å². The number of ether oxygens (including phenoxy) is 2. The van der Waals surface area contributed by atoms with Crippen LogP contribution >= 0.6 is 0 Å². The van der Waals surface area contributed by atoms with Crippen molar-refractivity contribution in [3.8, 4) is 11.5 Å². The summed E-state index contributed by atoms with van der Waals surface area (Å²) < 4.78 is 11.2. The van der Waals surface area contributed by atoms with Gasteiger partial charge in [-0.25, -0.2) is 0 Å². The lowest BCUT2D eigenvalue weighted by Gasteiger charge is -2.12. The van der Waals surface area contributed by atoms with Crippen LogP contribution in [0.3, 0.4) is 0 Å². The molecule has 5 nitrogen and oxygen atoms in total. The second-order valence-corrected chi connectivity index (χ2v) is 5.22. The molecule has 0 bridgehead atoms. The molecule has 5 heteroatoms. The van der Waals surface area contributed by atoms with Gasteiger partial charge in [0.1, 0.15) is 24.7 Å². The van der Waals surface area contributed by atoms with Crippen molar-refractivity contribution in [1.82, 2.24) is 0 Å². The van der Waals surface area contributed by atoms with Crippen molar-refractivity contribution in [2.24, 2.45) is 0 Å². The summed E-state index contributed by atoms with van der Waals surface area (Å²) in [4.78, 5) is 11.5. The highest BCUT2D eigenvalue weighted by Crippen LogP contribution is 2.23. The van der Waals surface area contributed by atoms with E-state index in [1.54, 1.807) is 37.3 Å². The molecule has 0 aliphatic heterocycles. The Morgan fingerprint density at radius 3 is 2.43 bits per heavy atom. The summed E-state index contributed by atoms with van der Waals surface area (Å²) in [5.41, 5.74) is 14.3. The molecule has 0 saturated heterocycles. The Labute approximate surface area is 136 Å². The molecule has 0 heterocycles. The zero-order valence-electron chi connectivity index (χ0n) is 13.5. The van der Waals surface area contributed by atoms with Gasteiger partial charge in [-0.2, -0.15) is 0 Å². The monoisotopic (exact) mass is 314 g/mol. The lowest BCUT2D eigenvalue weighted by molar-refractivity contribution is 0.101. The van der Waals surface area contributed by atoms with Crippen LogP contribution in [0.15, 0.2) is 36.4 Å². The summed E-state index contributed by atoms with van der Waals surface area (Å²) in [5.74, 6) is 1.38. The molecule has 4 N–H and O–H groups in total. The number of benzene rings is 2. The van der Waals surface area contributed by atoms with Crippen LogP contribution in [0.4, 0.5) is 11.4 Å². The first-order chi connectivity index (χ1) is 11.0. The van der Waals surface area contributed by atoms with Crippen LogP contribution in [-0.2, 0) is 6.42 Å². The van der Waals surface area contributed by atoms with Crippen molar-refractivity contribution in [2.75, 3.05) is 24.7 Å². The minimum absolute atomic E-state index is 0.0653. The van der Waals surface area contributed by atoms with Crippen LogP contribution < -0.4 is 20.9 Å². The number of ketones is 1. The standard InChI is InChI=1S/C18H22N2O3/c1-3-13-10-15(5-6-16(13)12(2)21)22-8-9-23-18-7-4-14(19)11-17(18)20/h4-7,10-11H,3,8-9,19-20H2,1-2H3. The molecule has 0 fully saturated rings. The molecule has 0 atom stereocenters. The van der Waals surface area contributed by atoms with Gasteiger partial charge >= 0.3 is 0 Å². The van der Waals surface area contributed by atoms with E-state index in [1.165, 1.54) is 0 Å². The largest absolute Gasteiger partial charge is 0.490 e. The van der Waals surface area contributed by atoms with E-state index >= 15 is 0 Å². The first-order valence-electron chi connectivity index (χ1n) is 7.55. The van der Waals surface area contributed by atoms with Crippen molar-refractivity contribution in [2.45, 2.75) is 20.3 Å². The van der Waals surface area contributed by atoms with E-state index in [9.17, 15) is 4.79 Å². The van der Waals surface area contributed by atoms with Gasteiger partial charge in [0.25, 0.3) is 0 Å². The molecule has 122 valence electrons. The Morgan fingerprint density at radius 2 is 1.78 bits per heavy atom. The summed E-state index contributed by atoms with van der Waals surface area (Å²) in [6.45, 7) is 4.33. The maximum atomic E-state index is 11.5. The lowest BCUT2D eigenvalue weighted by atomic mass is 10.0. The van der Waals surface area contributed by atoms with Gasteiger partial charge in [-0.3, -0.25) is 4.79 Å². The van der Waals surface area contributed by atoms with Gasteiger partial charge in [0, 0.05) is 11.3 Å². The Bertz CT molecular complexity index is 699. The molecule has 0 amide bonds. The van der Waals surface area contributed by atoms with Crippen molar-refractivity contribution in [3.63, 3.8) is 0 Å². The number of hydrogen-bond acceptors (Lipinski definition) is 5. The molecular formula is C18H22N2O3. The molecule has 2 aromatic carbocycles. The zero-order valence-corrected chi connectivity index (χ0v) is 13.5. The van der Waals surface area contributed by atoms with Crippen molar-refractivity contribution >= 4 is 17.2 Å². The number of anilines is 2. The molecular weight excluding hydrogens is 292 g/mol. The number of carbonyl (C=O) groups is 1. The van der Waals surface area contributed by atoms with Gasteiger partial charge in [-0.05, 0) is 55.3 Å². The third-order valence-corrected chi connectivity index (χ3v) is 3.48. The number of nitrogens with two attached hydrogens (primary N) is 2. The van der Waals surface area contributed by atoms with Gasteiger partial charge in [-0.15, -0.1) is 0 Å². The molecule has 0 unspecified atom stereocenters. The second-order valence-electron chi connectivity index (χ2n) is 5.22. The second kappa shape index (κ2) is 7.54. The molecule has 2 rings (SSSR count). The summed E-state index contributed by atoms with van der Waals surface area (Å²) >= 11 is 0. The smallest absolute Gasteiger partial charge is 0.160 e. The highest BCUT2D eigenvalue weighted by atomic mass is 16.5. The molecule has 0 radical (unpaired) electrons. The van der Waals surface area contributed by atoms with E-state index in [0.29, 0.717) is 30.3 Å². The van der Waals surface area contributed by atoms with Crippen LogP contribution in [0.1, 0.15) is 29.8 Å². The number of rotatable bonds is 7. The Hall–Kier alpha value is -2.69. The Balaban J connectivity index is 1.90. The van der Waals surface area contributed by atoms with Crippen molar-refractivity contribution in [3.05, 3.63) is 47.5 Å². The predicted molar refractivity (Wildman–Crippen MR) is 92.1 cm³/mol. The molecule has 0 saturated carbocycles. The molecule has 23 heavy (non-hydrogen) atoms. The normalized spacial score (nSPS) is 10.3. The average Bonchev–Trinajstić information content (AvgIpc) is 2.52. The van der Waals surface area contributed by atoms with Gasteiger partial charge in [0.05, 0.1) is 5.69 Å². The number of carbonyl (C=O) groups excluding carboxylic acids is 1. The first kappa shape index (κ1) is 16.7. The topological polar surface area (TPSA) is 87.6 Å². The minimum Gasteiger partial charge on any atom is -0.490 e. The minimum atomic E-state index is 0.0653. The first-order valence-corrected chi connectivity index (χ1v) is 7.55. The number of aryl methyl sites for hydroxylation is 1. The summed E-state index contributed by atoms with van der Waals surface area (Å²) in [6, 6.07) is 10.6. The van der Waals surface area contributed by atoms with Crippen LogP contribution in [0.5, 0.6) is 11.5 Å². The summed E-state index contributed by atoms with van der Waals surface area (Å²) in [6.07, 6.45) is 0.782. The highest BCUT2D eigenvalue weighted by molar-refractivity contribution is 5.95. The molecule has 0 aliphatic carbocycles. The van der Waals surface area contributed by atoms with E-state index in [1.807, 2.05) is 13.0 Å². The van der Waals surface area contributed by atoms with Gasteiger partial charge in [-0.1, -0.05) is 6.92 Å². The number of Topliss-reactive ketones (excluding diaryl/α,β-unsaturated/α-hetero) is 1. The summed E-state index contributed by atoms with van der Waals surface area (Å²) in [7, 11) is 0. The van der Waals surface area contributed by atoms with E-state index < -0.39 is 0 Å². The van der Waals surface area contributed by atoms with Gasteiger partial charge < -0.3 is 20.9 Å². The van der Waals surface area contributed by atoms with Crippen molar-refractivity contribution < 1.29 is 14.3 Å². The summed E-state index contributed by atoms with van der Waals surface area (Å²) in [5, 5.41) is 0. The van der Waals surface area contributed by atoms with Crippen LogP contribution in [0.2, 0.25) is 0 Å². The molecule has 0 spiro atoms. The average molecular weight is 314 g/mol. The number of hydrogen-bond donors (Lipinski definition) is 2. The quantitative estimate of drug-likeness (QED) is 0.466. The molecule has 0 aliphatic rings. The fraction of sp³-hybridized carbons (Fsp3) is 0.278. The highest BCUT2D eigenvalue weighted by Gasteiger charge is 2.07. The van der Waals surface area contributed by atoms with E-state index in [0.717, 1.165) is 23.3 Å². The molecule has 2 aromatic rings. The third-order valence-electron chi connectivity index (χ3n) is 3.48. The van der Waals surface area contributed by atoms with E-state index in [-0.39, 0.29) is 5.78 Å². The van der Waals surface area contributed by atoms with Crippen LogP contribution in [0.25, 0.3) is 0 Å². The maximum Gasteiger partial charge on any atom is 0.160 e. The van der Waals surface area contributed by atoms with Gasteiger partial charge in [0.15, 0.2) is 5.78 Å². The predicted octanol–water partition coefficient (Wildman–Crippen LogP) is 3.07. The fourth-order valence-electron chi connectivity index (χ4n) is 2.31. The third kappa shape index (κ3) is 4.39. The zero-order chi connectivity index (χ0) is 16.8.